The van der Waals surface area contributed by atoms with Crippen molar-refractivity contribution in [2.45, 2.75) is 58.1 Å². The van der Waals surface area contributed by atoms with E-state index in [1.54, 1.807) is 13.0 Å². The van der Waals surface area contributed by atoms with E-state index in [1.165, 1.54) is 32.1 Å². The fraction of sp³-hybridized carbons (Fsp3) is 0.625. The zero-order chi connectivity index (χ0) is 13.8. The molecular weight excluding hydrogens is 238 g/mol. The number of hydrogen-bond acceptors (Lipinski definition) is 3. The third-order valence-electron chi connectivity index (χ3n) is 4.04. The van der Waals surface area contributed by atoms with E-state index in [0.717, 1.165) is 12.2 Å². The summed E-state index contributed by atoms with van der Waals surface area (Å²) in [5.41, 5.74) is 1.69. The molecule has 2 unspecified atom stereocenters. The molecule has 0 aliphatic carbocycles. The van der Waals surface area contributed by atoms with Gasteiger partial charge in [-0.15, -0.1) is 0 Å². The van der Waals surface area contributed by atoms with Crippen molar-refractivity contribution in [2.75, 3.05) is 11.4 Å². The third-order valence-corrected chi connectivity index (χ3v) is 4.04. The summed E-state index contributed by atoms with van der Waals surface area (Å²) < 4.78 is 0. The first-order valence-corrected chi connectivity index (χ1v) is 7.41. The zero-order valence-corrected chi connectivity index (χ0v) is 12.0. The first-order chi connectivity index (χ1) is 9.13. The van der Waals surface area contributed by atoms with E-state index in [2.05, 4.69) is 11.8 Å². The molecule has 0 spiro atoms. The molecule has 0 amide bonds. The maximum atomic E-state index is 10.0. The van der Waals surface area contributed by atoms with Crippen molar-refractivity contribution >= 4 is 5.69 Å². The van der Waals surface area contributed by atoms with Crippen LogP contribution in [0.5, 0.6) is 5.75 Å². The van der Waals surface area contributed by atoms with Crippen LogP contribution in [-0.4, -0.2) is 22.8 Å². The summed E-state index contributed by atoms with van der Waals surface area (Å²) in [7, 11) is 0. The molecule has 1 fully saturated rings. The van der Waals surface area contributed by atoms with Crippen LogP contribution in [0, 0.1) is 0 Å². The molecule has 106 valence electrons. The fourth-order valence-electron chi connectivity index (χ4n) is 3.04. The van der Waals surface area contributed by atoms with Crippen LogP contribution in [0.1, 0.15) is 57.6 Å². The highest BCUT2D eigenvalue weighted by molar-refractivity contribution is 5.54. The number of benzene rings is 1. The Bertz CT molecular complexity index is 415. The Labute approximate surface area is 115 Å². The van der Waals surface area contributed by atoms with Crippen molar-refractivity contribution in [2.24, 2.45) is 0 Å². The van der Waals surface area contributed by atoms with E-state index in [9.17, 15) is 10.2 Å². The van der Waals surface area contributed by atoms with Gasteiger partial charge in [0.25, 0.3) is 0 Å². The number of nitrogens with zero attached hydrogens (tertiary/aromatic N) is 1. The molecular formula is C16H25NO2. The van der Waals surface area contributed by atoms with Crippen molar-refractivity contribution in [3.05, 3.63) is 23.8 Å². The summed E-state index contributed by atoms with van der Waals surface area (Å²) in [6.07, 6.45) is 5.55. The predicted molar refractivity (Wildman–Crippen MR) is 78.6 cm³/mol. The van der Waals surface area contributed by atoms with Gasteiger partial charge in [0.2, 0.25) is 0 Å². The average Bonchev–Trinajstić information content (AvgIpc) is 2.39. The smallest absolute Gasteiger partial charge is 0.123 e. The number of rotatable bonds is 4. The molecule has 1 aliphatic rings. The average molecular weight is 263 g/mol. The van der Waals surface area contributed by atoms with Crippen molar-refractivity contribution in [3.8, 4) is 5.75 Å². The molecule has 3 nitrogen and oxygen atoms in total. The van der Waals surface area contributed by atoms with Gasteiger partial charge in [0.15, 0.2) is 0 Å². The lowest BCUT2D eigenvalue weighted by atomic mass is 9.97. The SMILES string of the molecule is CCCC1CCCCN1c1ccc(C(C)O)c(O)c1. The van der Waals surface area contributed by atoms with E-state index in [4.69, 9.17) is 0 Å². The zero-order valence-electron chi connectivity index (χ0n) is 12.0. The number of anilines is 1. The maximum Gasteiger partial charge on any atom is 0.123 e. The van der Waals surface area contributed by atoms with Gasteiger partial charge in [0, 0.05) is 29.9 Å². The molecule has 0 bridgehead atoms. The topological polar surface area (TPSA) is 43.7 Å². The fourth-order valence-corrected chi connectivity index (χ4v) is 3.04. The minimum atomic E-state index is -0.623. The molecule has 0 radical (unpaired) electrons. The summed E-state index contributed by atoms with van der Waals surface area (Å²) in [6.45, 7) is 4.97. The second kappa shape index (κ2) is 6.29. The Hall–Kier alpha value is -1.22. The van der Waals surface area contributed by atoms with Crippen LogP contribution in [0.15, 0.2) is 18.2 Å². The maximum absolute atomic E-state index is 10.0. The predicted octanol–water partition coefficient (Wildman–Crippen LogP) is 3.60. The monoisotopic (exact) mass is 263 g/mol. The van der Waals surface area contributed by atoms with Gasteiger partial charge in [-0.25, -0.2) is 0 Å². The second-order valence-electron chi connectivity index (χ2n) is 5.55. The van der Waals surface area contributed by atoms with Crippen LogP contribution in [0.2, 0.25) is 0 Å². The van der Waals surface area contributed by atoms with E-state index in [0.29, 0.717) is 11.6 Å². The molecule has 1 saturated heterocycles. The lowest BCUT2D eigenvalue weighted by molar-refractivity contribution is 0.195. The molecule has 1 heterocycles. The number of phenols is 1. The Morgan fingerprint density at radius 2 is 2.16 bits per heavy atom. The second-order valence-corrected chi connectivity index (χ2v) is 5.55. The van der Waals surface area contributed by atoms with Crippen molar-refractivity contribution < 1.29 is 10.2 Å². The van der Waals surface area contributed by atoms with Gasteiger partial charge in [0.05, 0.1) is 6.10 Å². The molecule has 0 saturated carbocycles. The number of aliphatic hydroxyl groups is 1. The normalized spacial score (nSPS) is 21.4. The van der Waals surface area contributed by atoms with Crippen LogP contribution in [0.25, 0.3) is 0 Å². The summed E-state index contributed by atoms with van der Waals surface area (Å²) in [5, 5.41) is 19.6. The summed E-state index contributed by atoms with van der Waals surface area (Å²) in [4.78, 5) is 2.42. The number of piperidine rings is 1. The Kier molecular flexibility index (Phi) is 4.70. The van der Waals surface area contributed by atoms with Crippen LogP contribution in [0.4, 0.5) is 5.69 Å². The first-order valence-electron chi connectivity index (χ1n) is 7.41. The van der Waals surface area contributed by atoms with Gasteiger partial charge in [-0.1, -0.05) is 19.4 Å². The molecule has 2 rings (SSSR count). The van der Waals surface area contributed by atoms with Gasteiger partial charge >= 0.3 is 0 Å². The van der Waals surface area contributed by atoms with Crippen LogP contribution in [-0.2, 0) is 0 Å². The van der Waals surface area contributed by atoms with Crippen molar-refractivity contribution in [1.82, 2.24) is 0 Å². The molecule has 3 heteroatoms. The molecule has 2 N–H and O–H groups in total. The van der Waals surface area contributed by atoms with E-state index in [1.807, 2.05) is 12.1 Å². The minimum absolute atomic E-state index is 0.202. The standard InChI is InChI=1S/C16H25NO2/c1-3-6-13-7-4-5-10-17(13)14-8-9-15(12(2)18)16(19)11-14/h8-9,11-13,18-19H,3-7,10H2,1-2H3. The van der Waals surface area contributed by atoms with Crippen LogP contribution >= 0.6 is 0 Å². The van der Waals surface area contributed by atoms with Gasteiger partial charge in [-0.3, -0.25) is 0 Å². The van der Waals surface area contributed by atoms with Crippen LogP contribution < -0.4 is 4.90 Å². The highest BCUT2D eigenvalue weighted by atomic mass is 16.3. The minimum Gasteiger partial charge on any atom is -0.507 e. The largest absolute Gasteiger partial charge is 0.507 e. The third kappa shape index (κ3) is 3.21. The number of aromatic hydroxyl groups is 1. The van der Waals surface area contributed by atoms with Gasteiger partial charge in [-0.05, 0) is 38.7 Å². The van der Waals surface area contributed by atoms with Gasteiger partial charge in [-0.2, -0.15) is 0 Å². The number of hydrogen-bond donors (Lipinski definition) is 2. The lowest BCUT2D eigenvalue weighted by Gasteiger charge is -2.38. The molecule has 2 atom stereocenters. The van der Waals surface area contributed by atoms with Crippen molar-refractivity contribution in [1.29, 1.82) is 0 Å². The van der Waals surface area contributed by atoms with E-state index < -0.39 is 6.10 Å². The Morgan fingerprint density at radius 3 is 2.79 bits per heavy atom. The van der Waals surface area contributed by atoms with E-state index >= 15 is 0 Å². The first kappa shape index (κ1) is 14.2. The summed E-state index contributed by atoms with van der Waals surface area (Å²) in [5.74, 6) is 0.202. The Balaban J connectivity index is 2.22. The van der Waals surface area contributed by atoms with Gasteiger partial charge in [0.1, 0.15) is 5.75 Å². The van der Waals surface area contributed by atoms with Crippen LogP contribution in [0.3, 0.4) is 0 Å². The van der Waals surface area contributed by atoms with E-state index in [-0.39, 0.29) is 5.75 Å². The highest BCUT2D eigenvalue weighted by Gasteiger charge is 2.22. The molecule has 1 aromatic carbocycles. The summed E-state index contributed by atoms with van der Waals surface area (Å²) in [6, 6.07) is 6.26. The summed E-state index contributed by atoms with van der Waals surface area (Å²) >= 11 is 0. The molecule has 0 aromatic heterocycles. The van der Waals surface area contributed by atoms with Gasteiger partial charge < -0.3 is 15.1 Å². The number of aliphatic hydroxyl groups excluding tert-OH is 1. The quantitative estimate of drug-likeness (QED) is 0.872. The Morgan fingerprint density at radius 1 is 1.37 bits per heavy atom. The van der Waals surface area contributed by atoms with Crippen molar-refractivity contribution in [3.63, 3.8) is 0 Å². The molecule has 1 aliphatic heterocycles. The molecule has 1 aromatic rings. The lowest BCUT2D eigenvalue weighted by Crippen LogP contribution is -2.39. The number of phenolic OH excluding ortho intramolecular Hbond substituents is 1. The molecule has 19 heavy (non-hydrogen) atoms. The highest BCUT2D eigenvalue weighted by Crippen LogP contribution is 2.33.